The molecule has 0 saturated carbocycles. The zero-order valence-electron chi connectivity index (χ0n) is 10.6. The summed E-state index contributed by atoms with van der Waals surface area (Å²) in [5.41, 5.74) is 0.534. The van der Waals surface area contributed by atoms with Crippen molar-refractivity contribution in [3.05, 3.63) is 29.0 Å². The van der Waals surface area contributed by atoms with Gasteiger partial charge >= 0.3 is 0 Å². The molecule has 1 amide bonds. The molecule has 17 heavy (non-hydrogen) atoms. The van der Waals surface area contributed by atoms with Crippen LogP contribution in [0.3, 0.4) is 0 Å². The lowest BCUT2D eigenvalue weighted by Gasteiger charge is -2.24. The lowest BCUT2D eigenvalue weighted by molar-refractivity contribution is 0.0741. The first-order valence-corrected chi connectivity index (χ1v) is 6.36. The van der Waals surface area contributed by atoms with Crippen molar-refractivity contribution < 1.29 is 4.79 Å². The molecule has 0 spiro atoms. The van der Waals surface area contributed by atoms with Gasteiger partial charge in [0.15, 0.2) is 0 Å². The van der Waals surface area contributed by atoms with Gasteiger partial charge in [-0.1, -0.05) is 31.9 Å². The second-order valence-corrected chi connectivity index (χ2v) is 4.62. The van der Waals surface area contributed by atoms with Crippen molar-refractivity contribution in [2.75, 3.05) is 13.1 Å². The van der Waals surface area contributed by atoms with Gasteiger partial charge < -0.3 is 4.90 Å². The van der Waals surface area contributed by atoms with E-state index >= 15 is 0 Å². The lowest BCUT2D eigenvalue weighted by atomic mass is 10.1. The minimum absolute atomic E-state index is 0.0137. The van der Waals surface area contributed by atoms with Crippen molar-refractivity contribution in [3.63, 3.8) is 0 Å². The number of aromatic nitrogens is 1. The van der Waals surface area contributed by atoms with Gasteiger partial charge in [0, 0.05) is 25.5 Å². The third-order valence-electron chi connectivity index (χ3n) is 2.90. The van der Waals surface area contributed by atoms with Crippen LogP contribution in [0, 0.1) is 5.92 Å². The standard InChI is InChI=1S/C13H19ClN2O/c1-4-10(3)9-16(5-2)13(17)11-6-7-15-8-12(11)14/h6-8,10H,4-5,9H2,1-3H3. The van der Waals surface area contributed by atoms with Crippen LogP contribution in [0.5, 0.6) is 0 Å². The summed E-state index contributed by atoms with van der Waals surface area (Å²) in [6, 6.07) is 1.67. The first kappa shape index (κ1) is 14.0. The number of nitrogens with zero attached hydrogens (tertiary/aromatic N) is 2. The molecule has 1 aromatic heterocycles. The van der Waals surface area contributed by atoms with Crippen LogP contribution < -0.4 is 0 Å². The third kappa shape index (κ3) is 3.70. The molecule has 0 aromatic carbocycles. The third-order valence-corrected chi connectivity index (χ3v) is 3.20. The Morgan fingerprint density at radius 1 is 1.53 bits per heavy atom. The second kappa shape index (κ2) is 6.60. The summed E-state index contributed by atoms with van der Waals surface area (Å²) in [6.07, 6.45) is 4.16. The van der Waals surface area contributed by atoms with Crippen molar-refractivity contribution in [2.45, 2.75) is 27.2 Å². The van der Waals surface area contributed by atoms with E-state index in [2.05, 4.69) is 18.8 Å². The van der Waals surface area contributed by atoms with E-state index in [1.165, 1.54) is 6.20 Å². The average molecular weight is 255 g/mol. The Labute approximate surface area is 108 Å². The van der Waals surface area contributed by atoms with E-state index in [9.17, 15) is 4.79 Å². The van der Waals surface area contributed by atoms with Crippen LogP contribution >= 0.6 is 11.6 Å². The number of hydrogen-bond acceptors (Lipinski definition) is 2. The number of carbonyl (C=O) groups is 1. The molecule has 3 nitrogen and oxygen atoms in total. The van der Waals surface area contributed by atoms with E-state index in [1.54, 1.807) is 12.3 Å². The molecule has 0 radical (unpaired) electrons. The predicted octanol–water partition coefficient (Wildman–Crippen LogP) is 3.24. The molecule has 1 atom stereocenters. The molecular weight excluding hydrogens is 236 g/mol. The van der Waals surface area contributed by atoms with E-state index in [0.717, 1.165) is 13.0 Å². The molecule has 0 saturated heterocycles. The SMILES string of the molecule is CCC(C)CN(CC)C(=O)c1ccncc1Cl. The second-order valence-electron chi connectivity index (χ2n) is 4.21. The summed E-state index contributed by atoms with van der Waals surface area (Å²) in [5.74, 6) is 0.486. The summed E-state index contributed by atoms with van der Waals surface area (Å²) in [7, 11) is 0. The minimum atomic E-state index is -0.0137. The zero-order valence-corrected chi connectivity index (χ0v) is 11.4. The molecule has 0 N–H and O–H groups in total. The van der Waals surface area contributed by atoms with Crippen molar-refractivity contribution in [1.29, 1.82) is 0 Å². The number of carbonyl (C=O) groups excluding carboxylic acids is 1. The van der Waals surface area contributed by atoms with Crippen LogP contribution in [-0.2, 0) is 0 Å². The topological polar surface area (TPSA) is 33.2 Å². The van der Waals surface area contributed by atoms with Crippen LogP contribution in [0.2, 0.25) is 5.02 Å². The van der Waals surface area contributed by atoms with E-state index in [4.69, 9.17) is 11.6 Å². The van der Waals surface area contributed by atoms with Gasteiger partial charge in [0.2, 0.25) is 0 Å². The largest absolute Gasteiger partial charge is 0.339 e. The monoisotopic (exact) mass is 254 g/mol. The summed E-state index contributed by atoms with van der Waals surface area (Å²) in [4.78, 5) is 18.0. The molecule has 1 rings (SSSR count). The number of amides is 1. The average Bonchev–Trinajstić information content (AvgIpc) is 2.35. The van der Waals surface area contributed by atoms with Gasteiger partial charge in [0.1, 0.15) is 0 Å². The van der Waals surface area contributed by atoms with Crippen molar-refractivity contribution in [2.24, 2.45) is 5.92 Å². The van der Waals surface area contributed by atoms with E-state index in [0.29, 0.717) is 23.0 Å². The fourth-order valence-electron chi connectivity index (χ4n) is 1.58. The Morgan fingerprint density at radius 3 is 2.76 bits per heavy atom. The zero-order chi connectivity index (χ0) is 12.8. The Hall–Kier alpha value is -1.09. The summed E-state index contributed by atoms with van der Waals surface area (Å²) in [6.45, 7) is 7.72. The Morgan fingerprint density at radius 2 is 2.24 bits per heavy atom. The Balaban J connectivity index is 2.83. The molecule has 0 fully saturated rings. The van der Waals surface area contributed by atoms with E-state index in [1.807, 2.05) is 11.8 Å². The first-order valence-electron chi connectivity index (χ1n) is 5.98. The quantitative estimate of drug-likeness (QED) is 0.808. The maximum atomic E-state index is 12.3. The van der Waals surface area contributed by atoms with Gasteiger partial charge in [0.05, 0.1) is 10.6 Å². The molecule has 0 aliphatic carbocycles. The molecular formula is C13H19ClN2O. The van der Waals surface area contributed by atoms with Gasteiger partial charge in [-0.05, 0) is 18.9 Å². The van der Waals surface area contributed by atoms with Crippen LogP contribution in [0.1, 0.15) is 37.6 Å². The highest BCUT2D eigenvalue weighted by Gasteiger charge is 2.18. The molecule has 0 aliphatic rings. The van der Waals surface area contributed by atoms with Gasteiger partial charge in [-0.3, -0.25) is 9.78 Å². The number of pyridine rings is 1. The van der Waals surface area contributed by atoms with Crippen molar-refractivity contribution >= 4 is 17.5 Å². The number of halogens is 1. The fraction of sp³-hybridized carbons (Fsp3) is 0.538. The van der Waals surface area contributed by atoms with Crippen LogP contribution in [0.15, 0.2) is 18.5 Å². The first-order chi connectivity index (χ1) is 8.10. The smallest absolute Gasteiger partial charge is 0.255 e. The molecule has 0 aliphatic heterocycles. The van der Waals surface area contributed by atoms with Gasteiger partial charge in [-0.25, -0.2) is 0 Å². The van der Waals surface area contributed by atoms with Crippen molar-refractivity contribution in [1.82, 2.24) is 9.88 Å². The maximum absolute atomic E-state index is 12.3. The molecule has 1 unspecified atom stereocenters. The highest BCUT2D eigenvalue weighted by molar-refractivity contribution is 6.33. The highest BCUT2D eigenvalue weighted by atomic mass is 35.5. The summed E-state index contributed by atoms with van der Waals surface area (Å²) < 4.78 is 0. The normalized spacial score (nSPS) is 12.2. The predicted molar refractivity (Wildman–Crippen MR) is 70.3 cm³/mol. The number of rotatable bonds is 5. The van der Waals surface area contributed by atoms with Gasteiger partial charge in [-0.2, -0.15) is 0 Å². The maximum Gasteiger partial charge on any atom is 0.255 e. The Bertz CT molecular complexity index is 381. The van der Waals surface area contributed by atoms with Crippen LogP contribution in [-0.4, -0.2) is 28.9 Å². The van der Waals surface area contributed by atoms with Crippen molar-refractivity contribution in [3.8, 4) is 0 Å². The van der Waals surface area contributed by atoms with Gasteiger partial charge in [-0.15, -0.1) is 0 Å². The van der Waals surface area contributed by atoms with E-state index in [-0.39, 0.29) is 5.91 Å². The highest BCUT2D eigenvalue weighted by Crippen LogP contribution is 2.17. The summed E-state index contributed by atoms with van der Waals surface area (Å²) >= 11 is 5.98. The Kier molecular flexibility index (Phi) is 5.42. The van der Waals surface area contributed by atoms with Gasteiger partial charge in [0.25, 0.3) is 5.91 Å². The molecule has 94 valence electrons. The van der Waals surface area contributed by atoms with Crippen LogP contribution in [0.4, 0.5) is 0 Å². The molecule has 0 bridgehead atoms. The van der Waals surface area contributed by atoms with Crippen LogP contribution in [0.25, 0.3) is 0 Å². The molecule has 4 heteroatoms. The minimum Gasteiger partial charge on any atom is -0.339 e. The lowest BCUT2D eigenvalue weighted by Crippen LogP contribution is -2.34. The van der Waals surface area contributed by atoms with E-state index < -0.39 is 0 Å². The number of hydrogen-bond donors (Lipinski definition) is 0. The summed E-state index contributed by atoms with van der Waals surface area (Å²) in [5, 5.41) is 0.417. The molecule has 1 heterocycles. The molecule has 1 aromatic rings. The fourth-order valence-corrected chi connectivity index (χ4v) is 1.78.